The van der Waals surface area contributed by atoms with Crippen molar-refractivity contribution in [2.75, 3.05) is 11.9 Å². The fraction of sp³-hybridized carbons (Fsp3) is 0.350. The van der Waals surface area contributed by atoms with E-state index in [1.54, 1.807) is 18.2 Å². The first kappa shape index (κ1) is 21.0. The maximum atomic E-state index is 13.8. The van der Waals surface area contributed by atoms with Crippen LogP contribution in [0, 0.1) is 5.82 Å². The molecule has 0 radical (unpaired) electrons. The molecular weight excluding hydrogens is 447 g/mol. The summed E-state index contributed by atoms with van der Waals surface area (Å²) in [5.74, 6) is -1.12. The normalized spacial score (nSPS) is 15.5. The number of benzene rings is 2. The minimum atomic E-state index is -3.86. The standard InChI is InChI=1S/C20H22BrFN2O3S/c21-15-10-12-17(13-11-15)28(26,27)24(16-6-2-1-3-7-16)14-20(25)23-19-9-5-4-8-18(19)22/h4-5,8-13,16H,1-3,6-7,14H2,(H,23,25). The van der Waals surface area contributed by atoms with E-state index in [2.05, 4.69) is 21.2 Å². The van der Waals surface area contributed by atoms with Crippen molar-refractivity contribution in [1.29, 1.82) is 0 Å². The number of rotatable bonds is 6. The molecule has 0 atom stereocenters. The Morgan fingerprint density at radius 2 is 1.71 bits per heavy atom. The van der Waals surface area contributed by atoms with Crippen LogP contribution in [0.4, 0.5) is 10.1 Å². The van der Waals surface area contributed by atoms with Gasteiger partial charge in [0.1, 0.15) is 5.82 Å². The van der Waals surface area contributed by atoms with E-state index in [0.717, 1.165) is 23.7 Å². The molecule has 0 aromatic heterocycles. The van der Waals surface area contributed by atoms with Crippen LogP contribution in [0.15, 0.2) is 57.9 Å². The van der Waals surface area contributed by atoms with Gasteiger partial charge in [0, 0.05) is 10.5 Å². The highest BCUT2D eigenvalue weighted by molar-refractivity contribution is 9.10. The van der Waals surface area contributed by atoms with Crippen LogP contribution in [-0.4, -0.2) is 31.2 Å². The predicted octanol–water partition coefficient (Wildman–Crippen LogP) is 4.55. The Hall–Kier alpha value is -1.77. The first-order valence-corrected chi connectivity index (χ1v) is 11.4. The number of sulfonamides is 1. The molecule has 3 rings (SSSR count). The van der Waals surface area contributed by atoms with Gasteiger partial charge in [0.25, 0.3) is 0 Å². The van der Waals surface area contributed by atoms with E-state index in [1.807, 2.05) is 0 Å². The van der Waals surface area contributed by atoms with E-state index in [9.17, 15) is 17.6 Å². The molecule has 1 aliphatic carbocycles. The van der Waals surface area contributed by atoms with Crippen LogP contribution in [0.1, 0.15) is 32.1 Å². The highest BCUT2D eigenvalue weighted by Crippen LogP contribution is 2.28. The summed E-state index contributed by atoms with van der Waals surface area (Å²) in [5, 5.41) is 2.48. The minimum absolute atomic E-state index is 0.0390. The summed E-state index contributed by atoms with van der Waals surface area (Å²) in [5.41, 5.74) is 0.0390. The summed E-state index contributed by atoms with van der Waals surface area (Å²) < 4.78 is 42.4. The van der Waals surface area contributed by atoms with Gasteiger partial charge in [-0.1, -0.05) is 47.3 Å². The van der Waals surface area contributed by atoms with E-state index in [1.165, 1.54) is 34.6 Å². The van der Waals surface area contributed by atoms with Gasteiger partial charge in [0.15, 0.2) is 0 Å². The zero-order valence-corrected chi connectivity index (χ0v) is 17.7. The van der Waals surface area contributed by atoms with E-state index in [4.69, 9.17) is 0 Å². The molecule has 1 saturated carbocycles. The van der Waals surface area contributed by atoms with Crippen molar-refractivity contribution in [2.45, 2.75) is 43.0 Å². The number of nitrogens with one attached hydrogen (secondary N) is 1. The van der Waals surface area contributed by atoms with Crippen molar-refractivity contribution in [3.8, 4) is 0 Å². The SMILES string of the molecule is O=C(CN(C1CCCCC1)S(=O)(=O)c1ccc(Br)cc1)Nc1ccccc1F. The third kappa shape index (κ3) is 4.98. The van der Waals surface area contributed by atoms with Crippen molar-refractivity contribution in [1.82, 2.24) is 4.31 Å². The van der Waals surface area contributed by atoms with Gasteiger partial charge in [0.05, 0.1) is 17.1 Å². The van der Waals surface area contributed by atoms with Gasteiger partial charge in [0.2, 0.25) is 15.9 Å². The lowest BCUT2D eigenvalue weighted by Gasteiger charge is -2.33. The Labute approximate surface area is 173 Å². The van der Waals surface area contributed by atoms with E-state index >= 15 is 0 Å². The lowest BCUT2D eigenvalue weighted by Crippen LogP contribution is -2.45. The summed E-state index contributed by atoms with van der Waals surface area (Å²) in [7, 11) is -3.86. The number of hydrogen-bond acceptors (Lipinski definition) is 3. The van der Waals surface area contributed by atoms with Gasteiger partial charge >= 0.3 is 0 Å². The van der Waals surface area contributed by atoms with Gasteiger partial charge in [-0.15, -0.1) is 0 Å². The van der Waals surface area contributed by atoms with Crippen LogP contribution in [0.5, 0.6) is 0 Å². The molecule has 2 aromatic rings. The number of amides is 1. The zero-order chi connectivity index (χ0) is 20.1. The molecule has 1 N–H and O–H groups in total. The highest BCUT2D eigenvalue weighted by Gasteiger charge is 2.34. The quantitative estimate of drug-likeness (QED) is 0.675. The van der Waals surface area contributed by atoms with Crippen molar-refractivity contribution in [3.05, 3.63) is 58.8 Å². The Morgan fingerprint density at radius 3 is 2.36 bits per heavy atom. The van der Waals surface area contributed by atoms with E-state index in [0.29, 0.717) is 12.8 Å². The van der Waals surface area contributed by atoms with Crippen molar-refractivity contribution in [3.63, 3.8) is 0 Å². The second-order valence-corrected chi connectivity index (χ2v) is 9.63. The van der Waals surface area contributed by atoms with Crippen molar-refractivity contribution in [2.24, 2.45) is 0 Å². The Bertz CT molecular complexity index is 929. The number of anilines is 1. The molecule has 0 aliphatic heterocycles. The predicted molar refractivity (Wildman–Crippen MR) is 110 cm³/mol. The molecule has 1 aliphatic rings. The third-order valence-electron chi connectivity index (χ3n) is 4.85. The number of nitrogens with zero attached hydrogens (tertiary/aromatic N) is 1. The van der Waals surface area contributed by atoms with Gasteiger partial charge in [-0.3, -0.25) is 4.79 Å². The van der Waals surface area contributed by atoms with Crippen LogP contribution in [0.2, 0.25) is 0 Å². The molecular formula is C20H22BrFN2O3S. The molecule has 1 fully saturated rings. The summed E-state index contributed by atoms with van der Waals surface area (Å²) >= 11 is 3.30. The van der Waals surface area contributed by atoms with Crippen molar-refractivity contribution < 1.29 is 17.6 Å². The average molecular weight is 469 g/mol. The van der Waals surface area contributed by atoms with Crippen LogP contribution in [0.3, 0.4) is 0 Å². The molecule has 5 nitrogen and oxygen atoms in total. The smallest absolute Gasteiger partial charge is 0.243 e. The lowest BCUT2D eigenvalue weighted by molar-refractivity contribution is -0.116. The lowest BCUT2D eigenvalue weighted by atomic mass is 9.95. The summed E-state index contributed by atoms with van der Waals surface area (Å²) in [6.45, 7) is -0.350. The number of halogens is 2. The molecule has 0 saturated heterocycles. The number of carbonyl (C=O) groups is 1. The van der Waals surface area contributed by atoms with E-state index < -0.39 is 21.7 Å². The first-order valence-electron chi connectivity index (χ1n) is 9.20. The second-order valence-electron chi connectivity index (χ2n) is 6.82. The van der Waals surface area contributed by atoms with Crippen LogP contribution in [0.25, 0.3) is 0 Å². The average Bonchev–Trinajstić information content (AvgIpc) is 2.69. The Balaban J connectivity index is 1.85. The Morgan fingerprint density at radius 1 is 1.07 bits per heavy atom. The molecule has 8 heteroatoms. The molecule has 0 unspecified atom stereocenters. The van der Waals surface area contributed by atoms with Gasteiger partial charge in [-0.2, -0.15) is 4.31 Å². The zero-order valence-electron chi connectivity index (χ0n) is 15.3. The van der Waals surface area contributed by atoms with Gasteiger partial charge in [-0.25, -0.2) is 12.8 Å². The summed E-state index contributed by atoms with van der Waals surface area (Å²) in [4.78, 5) is 12.7. The van der Waals surface area contributed by atoms with Crippen molar-refractivity contribution >= 4 is 37.5 Å². The van der Waals surface area contributed by atoms with Crippen LogP contribution < -0.4 is 5.32 Å². The molecule has 0 spiro atoms. The molecule has 28 heavy (non-hydrogen) atoms. The highest BCUT2D eigenvalue weighted by atomic mass is 79.9. The monoisotopic (exact) mass is 468 g/mol. The molecule has 1 amide bonds. The number of para-hydroxylation sites is 1. The number of carbonyl (C=O) groups excluding carboxylic acids is 1. The van der Waals surface area contributed by atoms with E-state index in [-0.39, 0.29) is 23.2 Å². The summed E-state index contributed by atoms with van der Waals surface area (Å²) in [6.07, 6.45) is 4.33. The van der Waals surface area contributed by atoms with Gasteiger partial charge in [-0.05, 0) is 49.2 Å². The fourth-order valence-corrected chi connectivity index (χ4v) is 5.32. The molecule has 0 bridgehead atoms. The molecule has 150 valence electrons. The molecule has 2 aromatic carbocycles. The largest absolute Gasteiger partial charge is 0.322 e. The maximum absolute atomic E-state index is 13.8. The minimum Gasteiger partial charge on any atom is -0.322 e. The maximum Gasteiger partial charge on any atom is 0.243 e. The van der Waals surface area contributed by atoms with Gasteiger partial charge < -0.3 is 5.32 Å². The third-order valence-corrected chi connectivity index (χ3v) is 7.29. The topological polar surface area (TPSA) is 66.5 Å². The van der Waals surface area contributed by atoms with Crippen LogP contribution in [-0.2, 0) is 14.8 Å². The summed E-state index contributed by atoms with van der Waals surface area (Å²) in [6, 6.07) is 11.9. The fourth-order valence-electron chi connectivity index (χ4n) is 3.42. The number of hydrogen-bond donors (Lipinski definition) is 1. The molecule has 0 heterocycles. The second kappa shape index (κ2) is 9.15. The Kier molecular flexibility index (Phi) is 6.85. The van der Waals surface area contributed by atoms with Crippen LogP contribution >= 0.6 is 15.9 Å². The first-order chi connectivity index (χ1) is 13.4.